The van der Waals surface area contributed by atoms with Gasteiger partial charge in [0.1, 0.15) is 23.5 Å². The van der Waals surface area contributed by atoms with Gasteiger partial charge in [0.05, 0.1) is 30.0 Å². The van der Waals surface area contributed by atoms with Crippen LogP contribution in [0.2, 0.25) is 0 Å². The fraction of sp³-hybridized carbons (Fsp3) is 0.0870. The topological polar surface area (TPSA) is 86.4 Å². The maximum absolute atomic E-state index is 12.7. The normalized spacial score (nSPS) is 11.2. The summed E-state index contributed by atoms with van der Waals surface area (Å²) in [4.78, 5) is 29.5. The van der Waals surface area contributed by atoms with E-state index < -0.39 is 0 Å². The molecule has 0 spiro atoms. The molecule has 0 atom stereocenters. The van der Waals surface area contributed by atoms with Crippen molar-refractivity contribution in [2.45, 2.75) is 6.54 Å². The molecule has 0 aliphatic heterocycles. The summed E-state index contributed by atoms with van der Waals surface area (Å²) in [5, 5.41) is 5.15. The second-order valence-corrected chi connectivity index (χ2v) is 6.89. The maximum atomic E-state index is 12.7. The van der Waals surface area contributed by atoms with Gasteiger partial charge >= 0.3 is 0 Å². The Labute approximate surface area is 170 Å². The van der Waals surface area contributed by atoms with Crippen LogP contribution in [0.4, 0.5) is 5.69 Å². The van der Waals surface area contributed by atoms with E-state index in [0.717, 1.165) is 16.4 Å². The molecule has 5 aromatic rings. The molecule has 0 radical (unpaired) electrons. The molecule has 148 valence electrons. The Bertz CT molecular complexity index is 1480. The number of anilines is 1. The van der Waals surface area contributed by atoms with Crippen molar-refractivity contribution in [3.63, 3.8) is 0 Å². The van der Waals surface area contributed by atoms with E-state index in [9.17, 15) is 9.59 Å². The highest BCUT2D eigenvalue weighted by Crippen LogP contribution is 2.36. The van der Waals surface area contributed by atoms with Gasteiger partial charge in [0.2, 0.25) is 5.91 Å². The Morgan fingerprint density at radius 1 is 1.03 bits per heavy atom. The highest BCUT2D eigenvalue weighted by atomic mass is 16.5. The lowest BCUT2D eigenvalue weighted by molar-refractivity contribution is -0.116. The number of carbonyl (C=O) groups is 1. The molecular formula is C23H17N3O4. The van der Waals surface area contributed by atoms with Crippen molar-refractivity contribution in [2.75, 3.05) is 12.4 Å². The number of ether oxygens (including phenoxy) is 1. The number of hydrogen-bond donors (Lipinski definition) is 1. The van der Waals surface area contributed by atoms with E-state index in [4.69, 9.17) is 9.15 Å². The van der Waals surface area contributed by atoms with Gasteiger partial charge in [-0.25, -0.2) is 4.98 Å². The number of carbonyl (C=O) groups excluding carboxylic acids is 1. The number of nitrogens with zero attached hydrogens (tertiary/aromatic N) is 2. The van der Waals surface area contributed by atoms with Crippen LogP contribution in [0.25, 0.3) is 32.8 Å². The summed E-state index contributed by atoms with van der Waals surface area (Å²) in [6.45, 7) is -0.169. The molecule has 3 aromatic carbocycles. The summed E-state index contributed by atoms with van der Waals surface area (Å²) in [7, 11) is 1.54. The molecule has 30 heavy (non-hydrogen) atoms. The van der Waals surface area contributed by atoms with E-state index in [1.54, 1.807) is 24.3 Å². The Hall–Kier alpha value is -4.13. The largest absolute Gasteiger partial charge is 0.495 e. The fourth-order valence-electron chi connectivity index (χ4n) is 3.58. The summed E-state index contributed by atoms with van der Waals surface area (Å²) in [6, 6.07) is 18.3. The molecule has 0 fully saturated rings. The molecule has 0 saturated carbocycles. The molecule has 7 nitrogen and oxygen atoms in total. The van der Waals surface area contributed by atoms with E-state index >= 15 is 0 Å². The average molecular weight is 399 g/mol. The summed E-state index contributed by atoms with van der Waals surface area (Å²) in [5.41, 5.74) is 2.19. The molecule has 7 heteroatoms. The van der Waals surface area contributed by atoms with E-state index in [1.807, 2.05) is 36.4 Å². The predicted molar refractivity (Wildman–Crippen MR) is 115 cm³/mol. The number of aromatic nitrogens is 2. The van der Waals surface area contributed by atoms with Crippen molar-refractivity contribution in [1.29, 1.82) is 0 Å². The van der Waals surface area contributed by atoms with Crippen LogP contribution < -0.4 is 15.6 Å². The highest BCUT2D eigenvalue weighted by Gasteiger charge is 2.15. The lowest BCUT2D eigenvalue weighted by Gasteiger charge is -2.11. The van der Waals surface area contributed by atoms with E-state index in [2.05, 4.69) is 10.3 Å². The first-order valence-corrected chi connectivity index (χ1v) is 9.37. The molecule has 0 aliphatic carbocycles. The number of benzene rings is 3. The van der Waals surface area contributed by atoms with Gasteiger partial charge in [-0.2, -0.15) is 0 Å². The minimum Gasteiger partial charge on any atom is -0.495 e. The van der Waals surface area contributed by atoms with Crippen molar-refractivity contribution in [3.05, 3.63) is 77.3 Å². The number of fused-ring (bicyclic) bond motifs is 4. The zero-order valence-corrected chi connectivity index (χ0v) is 16.1. The van der Waals surface area contributed by atoms with Crippen LogP contribution in [0.15, 0.2) is 76.2 Å². The van der Waals surface area contributed by atoms with Crippen LogP contribution in [-0.4, -0.2) is 22.6 Å². The molecule has 2 heterocycles. The monoisotopic (exact) mass is 399 g/mol. The van der Waals surface area contributed by atoms with Crippen molar-refractivity contribution in [1.82, 2.24) is 9.55 Å². The molecule has 0 unspecified atom stereocenters. The minimum absolute atomic E-state index is 0.169. The molecule has 1 N–H and O–H groups in total. The van der Waals surface area contributed by atoms with Crippen LogP contribution >= 0.6 is 0 Å². The van der Waals surface area contributed by atoms with E-state index in [1.165, 1.54) is 18.0 Å². The summed E-state index contributed by atoms with van der Waals surface area (Å²) in [5.74, 6) is 0.134. The number of furan rings is 1. The molecule has 5 rings (SSSR count). The molecule has 1 amide bonds. The number of hydrogen-bond acceptors (Lipinski definition) is 5. The van der Waals surface area contributed by atoms with E-state index in [-0.39, 0.29) is 18.0 Å². The first-order valence-electron chi connectivity index (χ1n) is 9.37. The lowest BCUT2D eigenvalue weighted by Crippen LogP contribution is -2.28. The molecular weight excluding hydrogens is 382 g/mol. The van der Waals surface area contributed by atoms with Gasteiger partial charge in [0, 0.05) is 16.8 Å². The summed E-state index contributed by atoms with van der Waals surface area (Å²) >= 11 is 0. The third-order valence-electron chi connectivity index (χ3n) is 5.02. The Morgan fingerprint density at radius 3 is 2.63 bits per heavy atom. The van der Waals surface area contributed by atoms with Gasteiger partial charge in [-0.3, -0.25) is 14.2 Å². The van der Waals surface area contributed by atoms with Crippen LogP contribution in [-0.2, 0) is 11.3 Å². The second kappa shape index (κ2) is 7.04. The van der Waals surface area contributed by atoms with Crippen LogP contribution in [0.3, 0.4) is 0 Å². The van der Waals surface area contributed by atoms with E-state index in [0.29, 0.717) is 27.9 Å². The van der Waals surface area contributed by atoms with Crippen molar-refractivity contribution in [2.24, 2.45) is 0 Å². The Morgan fingerprint density at radius 2 is 1.80 bits per heavy atom. The highest BCUT2D eigenvalue weighted by molar-refractivity contribution is 6.07. The number of nitrogens with one attached hydrogen (secondary N) is 1. The maximum Gasteiger partial charge on any atom is 0.261 e. The number of rotatable bonds is 4. The Balaban J connectivity index is 1.47. The Kier molecular flexibility index (Phi) is 4.21. The van der Waals surface area contributed by atoms with Crippen molar-refractivity contribution in [3.8, 4) is 5.75 Å². The quantitative estimate of drug-likeness (QED) is 0.495. The summed E-state index contributed by atoms with van der Waals surface area (Å²) < 4.78 is 12.6. The third-order valence-corrected chi connectivity index (χ3v) is 5.02. The predicted octanol–water partition coefficient (Wildman–Crippen LogP) is 3.94. The van der Waals surface area contributed by atoms with Crippen molar-refractivity contribution >= 4 is 44.4 Å². The third kappa shape index (κ3) is 2.97. The first-order chi connectivity index (χ1) is 14.6. The summed E-state index contributed by atoms with van der Waals surface area (Å²) in [6.07, 6.45) is 1.38. The van der Waals surface area contributed by atoms with Gasteiger partial charge in [-0.1, -0.05) is 30.3 Å². The number of para-hydroxylation sites is 2. The van der Waals surface area contributed by atoms with Crippen LogP contribution in [0.1, 0.15) is 0 Å². The van der Waals surface area contributed by atoms with Crippen LogP contribution in [0.5, 0.6) is 5.75 Å². The first kappa shape index (κ1) is 17.9. The SMILES string of the molecule is COc1cc2c(cc1NC(=O)Cn1cnc3ccccc3c1=O)oc1ccccc12. The second-order valence-electron chi connectivity index (χ2n) is 6.89. The fourth-order valence-corrected chi connectivity index (χ4v) is 3.58. The van der Waals surface area contributed by atoms with Gasteiger partial charge in [0.25, 0.3) is 5.56 Å². The minimum atomic E-state index is -0.372. The standard InChI is InChI=1S/C23H17N3O4/c1-29-21-10-16-14-6-3-5-9-19(14)30-20(16)11-18(21)25-22(27)12-26-13-24-17-8-4-2-7-15(17)23(26)28/h2-11,13H,12H2,1H3,(H,25,27). The molecule has 0 bridgehead atoms. The molecule has 0 aliphatic rings. The molecule has 2 aromatic heterocycles. The molecule has 0 saturated heterocycles. The van der Waals surface area contributed by atoms with Crippen molar-refractivity contribution < 1.29 is 13.9 Å². The lowest BCUT2D eigenvalue weighted by atomic mass is 10.1. The zero-order chi connectivity index (χ0) is 20.7. The van der Waals surface area contributed by atoms with Crippen LogP contribution in [0, 0.1) is 0 Å². The van der Waals surface area contributed by atoms with Gasteiger partial charge < -0.3 is 14.5 Å². The zero-order valence-electron chi connectivity index (χ0n) is 16.1. The van der Waals surface area contributed by atoms with Gasteiger partial charge in [-0.15, -0.1) is 0 Å². The number of methoxy groups -OCH3 is 1. The van der Waals surface area contributed by atoms with Gasteiger partial charge in [-0.05, 0) is 24.3 Å². The smallest absolute Gasteiger partial charge is 0.261 e. The average Bonchev–Trinajstić information content (AvgIpc) is 3.12. The van der Waals surface area contributed by atoms with Gasteiger partial charge in [0.15, 0.2) is 0 Å². The number of amides is 1.